The molecule has 0 aliphatic carbocycles. The summed E-state index contributed by atoms with van der Waals surface area (Å²) in [7, 11) is 0. The maximum atomic E-state index is 11.8. The number of phenols is 3. The summed E-state index contributed by atoms with van der Waals surface area (Å²) in [6, 6.07) is 10.4. The fourth-order valence-electron chi connectivity index (χ4n) is 1.62. The predicted octanol–water partition coefficient (Wildman–Crippen LogP) is 1.73. The summed E-state index contributed by atoms with van der Waals surface area (Å²) in [6.07, 6.45) is 0. The molecule has 2 rings (SSSR count). The van der Waals surface area contributed by atoms with E-state index in [2.05, 4.69) is 5.32 Å². The maximum absolute atomic E-state index is 11.8. The van der Waals surface area contributed by atoms with E-state index in [-0.39, 0.29) is 35.3 Å². The lowest BCUT2D eigenvalue weighted by Gasteiger charge is -2.06. The zero-order valence-electron chi connectivity index (χ0n) is 10.00. The quantitative estimate of drug-likeness (QED) is 0.632. The van der Waals surface area contributed by atoms with Crippen LogP contribution in [0.15, 0.2) is 42.5 Å². The Morgan fingerprint density at radius 1 is 1.00 bits per heavy atom. The van der Waals surface area contributed by atoms with Crippen molar-refractivity contribution in [1.29, 1.82) is 0 Å². The summed E-state index contributed by atoms with van der Waals surface area (Å²) in [5, 5.41) is 30.4. The Bertz CT molecular complexity index is 610. The second-order valence-electron chi connectivity index (χ2n) is 4.06. The van der Waals surface area contributed by atoms with Gasteiger partial charge < -0.3 is 20.6 Å². The van der Waals surface area contributed by atoms with Crippen LogP contribution in [0.3, 0.4) is 0 Å². The Balaban J connectivity index is 2.03. The molecule has 2 aromatic rings. The van der Waals surface area contributed by atoms with Crippen molar-refractivity contribution in [3.63, 3.8) is 0 Å². The summed E-state index contributed by atoms with van der Waals surface area (Å²) < 4.78 is 0. The zero-order valence-corrected chi connectivity index (χ0v) is 10.00. The molecule has 0 fully saturated rings. The summed E-state index contributed by atoms with van der Waals surface area (Å²) in [4.78, 5) is 11.8. The number of aromatic hydroxyl groups is 3. The first-order valence-electron chi connectivity index (χ1n) is 5.64. The minimum atomic E-state index is -0.376. The van der Waals surface area contributed by atoms with E-state index in [1.165, 1.54) is 18.2 Å². The number of hydrogen-bond donors (Lipinski definition) is 4. The van der Waals surface area contributed by atoms with E-state index in [1.807, 2.05) is 0 Å². The van der Waals surface area contributed by atoms with Crippen LogP contribution >= 0.6 is 0 Å². The van der Waals surface area contributed by atoms with Gasteiger partial charge in [0.25, 0.3) is 5.91 Å². The zero-order chi connectivity index (χ0) is 13.8. The molecule has 0 bridgehead atoms. The number of phenolic OH excluding ortho intramolecular Hbond substituents is 3. The van der Waals surface area contributed by atoms with Crippen molar-refractivity contribution in [2.45, 2.75) is 6.54 Å². The monoisotopic (exact) mass is 259 g/mol. The molecule has 19 heavy (non-hydrogen) atoms. The highest BCUT2D eigenvalue weighted by atomic mass is 16.3. The van der Waals surface area contributed by atoms with E-state index >= 15 is 0 Å². The van der Waals surface area contributed by atoms with Gasteiger partial charge in [-0.1, -0.05) is 12.1 Å². The van der Waals surface area contributed by atoms with E-state index in [9.17, 15) is 15.0 Å². The van der Waals surface area contributed by atoms with Crippen LogP contribution < -0.4 is 5.32 Å². The second kappa shape index (κ2) is 5.30. The van der Waals surface area contributed by atoms with Crippen LogP contribution in [-0.4, -0.2) is 21.2 Å². The van der Waals surface area contributed by atoms with Gasteiger partial charge in [-0.05, 0) is 35.9 Å². The number of nitrogens with one attached hydrogen (secondary N) is 1. The highest BCUT2D eigenvalue weighted by molar-refractivity contribution is 5.94. The third-order valence-electron chi connectivity index (χ3n) is 2.60. The molecule has 0 unspecified atom stereocenters. The lowest BCUT2D eigenvalue weighted by molar-refractivity contribution is 0.0950. The molecule has 1 amide bonds. The number of amides is 1. The van der Waals surface area contributed by atoms with Gasteiger partial charge >= 0.3 is 0 Å². The molecule has 0 heterocycles. The third kappa shape index (κ3) is 3.16. The van der Waals surface area contributed by atoms with Gasteiger partial charge in [-0.25, -0.2) is 0 Å². The minimum Gasteiger partial charge on any atom is -0.508 e. The van der Waals surface area contributed by atoms with Gasteiger partial charge in [-0.2, -0.15) is 0 Å². The molecule has 5 heteroatoms. The van der Waals surface area contributed by atoms with Crippen molar-refractivity contribution in [3.8, 4) is 17.2 Å². The first kappa shape index (κ1) is 12.8. The molecular formula is C14H13NO4. The van der Waals surface area contributed by atoms with Gasteiger partial charge in [0.05, 0.1) is 0 Å². The van der Waals surface area contributed by atoms with E-state index in [0.29, 0.717) is 0 Å². The number of rotatable bonds is 3. The highest BCUT2D eigenvalue weighted by Crippen LogP contribution is 2.24. The fraction of sp³-hybridized carbons (Fsp3) is 0.0714. The fourth-order valence-corrected chi connectivity index (χ4v) is 1.62. The van der Waals surface area contributed by atoms with Gasteiger partial charge in [0, 0.05) is 12.1 Å². The smallest absolute Gasteiger partial charge is 0.251 e. The molecule has 0 aliphatic rings. The van der Waals surface area contributed by atoms with Crippen LogP contribution in [0.4, 0.5) is 0 Å². The molecular weight excluding hydrogens is 246 g/mol. The summed E-state index contributed by atoms with van der Waals surface area (Å²) in [6.45, 7) is 0.259. The molecule has 98 valence electrons. The minimum absolute atomic E-state index is 0.133. The lowest BCUT2D eigenvalue weighted by atomic mass is 10.1. The first-order valence-corrected chi connectivity index (χ1v) is 5.64. The standard InChI is InChI=1S/C14H13NO4/c16-11-3-1-2-9(6-11)8-15-14(19)10-4-5-12(17)13(18)7-10/h1-7,16-18H,8H2,(H,15,19). The third-order valence-corrected chi connectivity index (χ3v) is 2.60. The van der Waals surface area contributed by atoms with Crippen LogP contribution in [0.25, 0.3) is 0 Å². The van der Waals surface area contributed by atoms with Gasteiger partial charge in [0.15, 0.2) is 11.5 Å². The molecule has 0 saturated heterocycles. The largest absolute Gasteiger partial charge is 0.508 e. The molecule has 0 spiro atoms. The summed E-state index contributed by atoms with van der Waals surface area (Å²) in [5.74, 6) is -0.859. The van der Waals surface area contributed by atoms with Gasteiger partial charge in [0.1, 0.15) is 5.75 Å². The van der Waals surface area contributed by atoms with Crippen molar-refractivity contribution in [2.75, 3.05) is 0 Å². The molecule has 5 nitrogen and oxygen atoms in total. The molecule has 0 aliphatic heterocycles. The molecule has 0 atom stereocenters. The normalized spacial score (nSPS) is 10.1. The van der Waals surface area contributed by atoms with Crippen LogP contribution in [0.2, 0.25) is 0 Å². The van der Waals surface area contributed by atoms with E-state index in [0.717, 1.165) is 5.56 Å². The Morgan fingerprint density at radius 2 is 1.79 bits per heavy atom. The number of benzene rings is 2. The molecule has 0 aromatic heterocycles. The Labute approximate surface area is 109 Å². The summed E-state index contributed by atoms with van der Waals surface area (Å²) in [5.41, 5.74) is 1.01. The van der Waals surface area contributed by atoms with Crippen molar-refractivity contribution in [1.82, 2.24) is 5.32 Å². The van der Waals surface area contributed by atoms with E-state index in [1.54, 1.807) is 24.3 Å². The number of hydrogen-bond acceptors (Lipinski definition) is 4. The Kier molecular flexibility index (Phi) is 3.56. The van der Waals surface area contributed by atoms with Crippen molar-refractivity contribution in [2.24, 2.45) is 0 Å². The Hall–Kier alpha value is -2.69. The molecule has 2 aromatic carbocycles. The highest BCUT2D eigenvalue weighted by Gasteiger charge is 2.08. The molecule has 0 saturated carbocycles. The maximum Gasteiger partial charge on any atom is 0.251 e. The topological polar surface area (TPSA) is 89.8 Å². The van der Waals surface area contributed by atoms with E-state index in [4.69, 9.17) is 5.11 Å². The predicted molar refractivity (Wildman–Crippen MR) is 69.0 cm³/mol. The van der Waals surface area contributed by atoms with Crippen molar-refractivity contribution >= 4 is 5.91 Å². The summed E-state index contributed by atoms with van der Waals surface area (Å²) >= 11 is 0. The van der Waals surface area contributed by atoms with Crippen molar-refractivity contribution < 1.29 is 20.1 Å². The van der Waals surface area contributed by atoms with Crippen LogP contribution in [-0.2, 0) is 6.54 Å². The van der Waals surface area contributed by atoms with Gasteiger partial charge in [-0.3, -0.25) is 4.79 Å². The number of carbonyl (C=O) groups is 1. The van der Waals surface area contributed by atoms with Gasteiger partial charge in [-0.15, -0.1) is 0 Å². The first-order chi connectivity index (χ1) is 9.06. The van der Waals surface area contributed by atoms with E-state index < -0.39 is 0 Å². The van der Waals surface area contributed by atoms with Crippen molar-refractivity contribution in [3.05, 3.63) is 53.6 Å². The number of carbonyl (C=O) groups excluding carboxylic acids is 1. The average Bonchev–Trinajstić information content (AvgIpc) is 2.39. The van der Waals surface area contributed by atoms with Crippen LogP contribution in [0.1, 0.15) is 15.9 Å². The SMILES string of the molecule is O=C(NCc1cccc(O)c1)c1ccc(O)c(O)c1. The van der Waals surface area contributed by atoms with Gasteiger partial charge in [0.2, 0.25) is 0 Å². The average molecular weight is 259 g/mol. The molecule has 0 radical (unpaired) electrons. The molecule has 4 N–H and O–H groups in total. The second-order valence-corrected chi connectivity index (χ2v) is 4.06. The lowest BCUT2D eigenvalue weighted by Crippen LogP contribution is -2.22. The Morgan fingerprint density at radius 3 is 2.47 bits per heavy atom. The van der Waals surface area contributed by atoms with Crippen LogP contribution in [0, 0.1) is 0 Å². The van der Waals surface area contributed by atoms with Crippen LogP contribution in [0.5, 0.6) is 17.2 Å².